The van der Waals surface area contributed by atoms with Gasteiger partial charge in [-0.2, -0.15) is 0 Å². The van der Waals surface area contributed by atoms with Crippen LogP contribution in [0.1, 0.15) is 40.7 Å². The number of imide groups is 1. The first-order chi connectivity index (χ1) is 17.4. The number of pyridine rings is 1. The molecule has 2 aliphatic heterocycles. The molecule has 2 aliphatic rings. The molecule has 0 aliphatic carbocycles. The summed E-state index contributed by atoms with van der Waals surface area (Å²) in [4.78, 5) is 35.0. The summed E-state index contributed by atoms with van der Waals surface area (Å²) in [5.74, 6) is -0.682. The van der Waals surface area contributed by atoms with Gasteiger partial charge in [-0.3, -0.25) is 19.6 Å². The summed E-state index contributed by atoms with van der Waals surface area (Å²) in [5, 5.41) is 3.07. The topological polar surface area (TPSA) is 65.5 Å². The summed E-state index contributed by atoms with van der Waals surface area (Å²) in [6, 6.07) is 15.7. The average molecular weight is 487 g/mol. The molecule has 3 amide bonds. The Hall–Kier alpha value is -3.58. The van der Waals surface area contributed by atoms with Gasteiger partial charge in [-0.25, -0.2) is 9.18 Å². The molecule has 1 atom stereocenters. The smallest absolute Gasteiger partial charge is 0.319 e. The number of urea groups is 1. The number of piperidine rings is 1. The molecule has 1 N–H and O–H groups in total. The minimum atomic E-state index is -1.15. The Morgan fingerprint density at radius 2 is 1.69 bits per heavy atom. The summed E-state index contributed by atoms with van der Waals surface area (Å²) >= 11 is 0. The van der Waals surface area contributed by atoms with Crippen LogP contribution in [-0.4, -0.2) is 39.8 Å². The molecule has 36 heavy (non-hydrogen) atoms. The maximum atomic E-state index is 14.0. The molecule has 7 heteroatoms. The van der Waals surface area contributed by atoms with Gasteiger partial charge >= 0.3 is 6.03 Å². The molecular weight excluding hydrogens is 455 g/mol. The number of likely N-dealkylation sites (tertiary alicyclic amines) is 1. The molecule has 0 spiro atoms. The third kappa shape index (κ3) is 4.51. The number of benzene rings is 2. The molecule has 2 fully saturated rings. The molecule has 186 valence electrons. The van der Waals surface area contributed by atoms with Crippen molar-refractivity contribution in [1.29, 1.82) is 0 Å². The van der Waals surface area contributed by atoms with Crippen LogP contribution < -0.4 is 5.32 Å². The van der Waals surface area contributed by atoms with Crippen molar-refractivity contribution >= 4 is 11.9 Å². The highest BCUT2D eigenvalue weighted by Gasteiger charge is 2.57. The number of hydrogen-bond acceptors (Lipinski definition) is 4. The van der Waals surface area contributed by atoms with E-state index in [-0.39, 0.29) is 24.2 Å². The van der Waals surface area contributed by atoms with E-state index in [4.69, 9.17) is 0 Å². The molecule has 1 aromatic heterocycles. The van der Waals surface area contributed by atoms with Crippen molar-refractivity contribution in [2.24, 2.45) is 5.92 Å². The number of carbonyl (C=O) groups is 2. The van der Waals surface area contributed by atoms with Gasteiger partial charge in [0.25, 0.3) is 5.91 Å². The van der Waals surface area contributed by atoms with Crippen molar-refractivity contribution < 1.29 is 14.0 Å². The van der Waals surface area contributed by atoms with Gasteiger partial charge in [0.1, 0.15) is 5.82 Å². The quantitative estimate of drug-likeness (QED) is 0.513. The second-order valence-corrected chi connectivity index (χ2v) is 9.97. The van der Waals surface area contributed by atoms with Crippen LogP contribution in [0.2, 0.25) is 0 Å². The molecule has 1 unspecified atom stereocenters. The second kappa shape index (κ2) is 9.82. The van der Waals surface area contributed by atoms with Crippen molar-refractivity contribution in [3.63, 3.8) is 0 Å². The number of halogens is 1. The number of carbonyl (C=O) groups excluding carboxylic acids is 2. The van der Waals surface area contributed by atoms with Crippen LogP contribution in [-0.2, 0) is 23.4 Å². The molecule has 0 bridgehead atoms. The molecule has 2 aromatic carbocycles. The fourth-order valence-electron chi connectivity index (χ4n) is 5.50. The molecule has 0 radical (unpaired) electrons. The number of aryl methyl sites for hydroxylation is 2. The lowest BCUT2D eigenvalue weighted by Crippen LogP contribution is -2.53. The fourth-order valence-corrected chi connectivity index (χ4v) is 5.50. The summed E-state index contributed by atoms with van der Waals surface area (Å²) in [6.07, 6.45) is 4.90. The van der Waals surface area contributed by atoms with Crippen molar-refractivity contribution in [3.05, 3.63) is 101 Å². The zero-order valence-electron chi connectivity index (χ0n) is 20.7. The van der Waals surface area contributed by atoms with Crippen molar-refractivity contribution in [3.8, 4) is 0 Å². The van der Waals surface area contributed by atoms with Crippen molar-refractivity contribution in [2.45, 2.75) is 45.3 Å². The average Bonchev–Trinajstić information content (AvgIpc) is 3.14. The zero-order chi connectivity index (χ0) is 25.3. The molecular formula is C29H31FN4O2. The van der Waals surface area contributed by atoms with Crippen LogP contribution in [0.3, 0.4) is 0 Å². The number of nitrogens with zero attached hydrogens (tertiary/aromatic N) is 3. The minimum absolute atomic E-state index is 0.0626. The normalized spacial score (nSPS) is 21.1. The fraction of sp³-hybridized carbons (Fsp3) is 0.345. The van der Waals surface area contributed by atoms with E-state index in [9.17, 15) is 14.0 Å². The van der Waals surface area contributed by atoms with Gasteiger partial charge < -0.3 is 5.32 Å². The number of amides is 3. The summed E-state index contributed by atoms with van der Waals surface area (Å²) in [6.45, 7) is 6.88. The van der Waals surface area contributed by atoms with E-state index in [0.717, 1.165) is 32.5 Å². The first-order valence-corrected chi connectivity index (χ1v) is 12.4. The van der Waals surface area contributed by atoms with Gasteiger partial charge in [0.2, 0.25) is 0 Å². The lowest BCUT2D eigenvalue weighted by Gasteiger charge is -2.41. The van der Waals surface area contributed by atoms with E-state index in [1.54, 1.807) is 30.6 Å². The van der Waals surface area contributed by atoms with Crippen LogP contribution in [0.25, 0.3) is 0 Å². The van der Waals surface area contributed by atoms with Gasteiger partial charge in [-0.15, -0.1) is 0 Å². The Balaban J connectivity index is 1.37. The van der Waals surface area contributed by atoms with Gasteiger partial charge in [0.15, 0.2) is 5.54 Å². The number of aromatic nitrogens is 1. The van der Waals surface area contributed by atoms with Gasteiger partial charge in [0.05, 0.1) is 6.54 Å². The van der Waals surface area contributed by atoms with E-state index in [1.165, 1.54) is 33.7 Å². The van der Waals surface area contributed by atoms with Crippen LogP contribution >= 0.6 is 0 Å². The van der Waals surface area contributed by atoms with Crippen molar-refractivity contribution in [1.82, 2.24) is 20.1 Å². The van der Waals surface area contributed by atoms with Gasteiger partial charge in [-0.05, 0) is 86.1 Å². The Morgan fingerprint density at radius 3 is 2.36 bits per heavy atom. The second-order valence-electron chi connectivity index (χ2n) is 9.97. The SMILES string of the molecule is Cc1ccc(CN2CCC(C3(c4cccnc4)NC(=O)N(Cc4ccc(F)cc4)C3=O)CC2)cc1C. The monoisotopic (exact) mass is 486 g/mol. The minimum Gasteiger partial charge on any atom is -0.319 e. The predicted molar refractivity (Wildman–Crippen MR) is 135 cm³/mol. The highest BCUT2D eigenvalue weighted by atomic mass is 19.1. The van der Waals surface area contributed by atoms with E-state index in [1.807, 2.05) is 6.07 Å². The number of rotatable bonds is 6. The summed E-state index contributed by atoms with van der Waals surface area (Å²) < 4.78 is 13.4. The highest BCUT2D eigenvalue weighted by Crippen LogP contribution is 2.41. The van der Waals surface area contributed by atoms with Crippen LogP contribution in [0.4, 0.5) is 9.18 Å². The lowest BCUT2D eigenvalue weighted by molar-refractivity contribution is -0.135. The van der Waals surface area contributed by atoms with Crippen LogP contribution in [0.5, 0.6) is 0 Å². The molecule has 3 aromatic rings. The standard InChI is InChI=1S/C29H31FN4O2/c1-20-5-6-23(16-21(20)2)18-33-14-11-24(12-15-33)29(25-4-3-13-31-17-25)27(35)34(28(36)32-29)19-22-7-9-26(30)10-8-22/h3-10,13,16-17,24H,11-12,14-15,18-19H2,1-2H3,(H,32,36). The number of nitrogens with one attached hydrogen (secondary N) is 1. The van der Waals surface area contributed by atoms with Crippen molar-refractivity contribution in [2.75, 3.05) is 13.1 Å². The first-order valence-electron chi connectivity index (χ1n) is 12.4. The lowest BCUT2D eigenvalue weighted by atomic mass is 9.73. The highest BCUT2D eigenvalue weighted by molar-refractivity contribution is 6.07. The molecule has 6 nitrogen and oxygen atoms in total. The van der Waals surface area contributed by atoms with E-state index in [0.29, 0.717) is 11.1 Å². The largest absolute Gasteiger partial charge is 0.325 e. The Labute approximate surface area is 211 Å². The van der Waals surface area contributed by atoms with E-state index < -0.39 is 11.6 Å². The summed E-state index contributed by atoms with van der Waals surface area (Å²) in [5.41, 5.74) is 4.12. The van der Waals surface area contributed by atoms with E-state index >= 15 is 0 Å². The maximum Gasteiger partial charge on any atom is 0.325 e. The van der Waals surface area contributed by atoms with E-state index in [2.05, 4.69) is 47.2 Å². The third-order valence-corrected chi connectivity index (χ3v) is 7.68. The van der Waals surface area contributed by atoms with Gasteiger partial charge in [0, 0.05) is 24.5 Å². The van der Waals surface area contributed by atoms with Gasteiger partial charge in [-0.1, -0.05) is 36.4 Å². The third-order valence-electron chi connectivity index (χ3n) is 7.68. The summed E-state index contributed by atoms with van der Waals surface area (Å²) in [7, 11) is 0. The molecule has 0 saturated carbocycles. The predicted octanol–water partition coefficient (Wildman–Crippen LogP) is 4.70. The Morgan fingerprint density at radius 1 is 0.972 bits per heavy atom. The molecule has 3 heterocycles. The maximum absolute atomic E-state index is 14.0. The molecule has 5 rings (SSSR count). The van der Waals surface area contributed by atoms with Crippen LogP contribution in [0.15, 0.2) is 67.0 Å². The molecule has 2 saturated heterocycles. The zero-order valence-corrected chi connectivity index (χ0v) is 20.7. The Bertz CT molecular complexity index is 1260. The first kappa shape index (κ1) is 24.1. The Kier molecular flexibility index (Phi) is 6.58. The number of hydrogen-bond donors (Lipinski definition) is 1. The van der Waals surface area contributed by atoms with Crippen LogP contribution in [0, 0.1) is 25.6 Å².